The van der Waals surface area contributed by atoms with E-state index in [9.17, 15) is 4.79 Å². The second-order valence-electron chi connectivity index (χ2n) is 3.59. The molecule has 0 radical (unpaired) electrons. The standard InChI is InChI=1S/C9H10N4OS/c1-12-5-6-7(11-12)10-9-13(8(6)14)3-2-4-15-9/h5H,2-4H2,1H3. The summed E-state index contributed by atoms with van der Waals surface area (Å²) in [7, 11) is 1.80. The summed E-state index contributed by atoms with van der Waals surface area (Å²) in [6.45, 7) is 0.777. The molecule has 2 aromatic heterocycles. The fraction of sp³-hybridized carbons (Fsp3) is 0.444. The van der Waals surface area contributed by atoms with Crippen LogP contribution in [0.3, 0.4) is 0 Å². The second-order valence-corrected chi connectivity index (χ2v) is 4.66. The van der Waals surface area contributed by atoms with Crippen LogP contribution in [0, 0.1) is 0 Å². The van der Waals surface area contributed by atoms with Crippen molar-refractivity contribution in [2.24, 2.45) is 7.05 Å². The Hall–Kier alpha value is -1.30. The molecule has 1 aliphatic rings. The Morgan fingerprint density at radius 1 is 1.53 bits per heavy atom. The van der Waals surface area contributed by atoms with Gasteiger partial charge in [0.05, 0.1) is 0 Å². The predicted octanol–water partition coefficient (Wildman–Crippen LogP) is 0.626. The zero-order valence-electron chi connectivity index (χ0n) is 8.30. The molecule has 0 aliphatic carbocycles. The first-order valence-corrected chi connectivity index (χ1v) is 5.81. The molecule has 1 aliphatic heterocycles. The van der Waals surface area contributed by atoms with Crippen LogP contribution in [-0.4, -0.2) is 25.1 Å². The molecule has 0 N–H and O–H groups in total. The largest absolute Gasteiger partial charge is 0.287 e. The van der Waals surface area contributed by atoms with Crippen LogP contribution >= 0.6 is 11.8 Å². The lowest BCUT2D eigenvalue weighted by molar-refractivity contribution is 0.571. The summed E-state index contributed by atoms with van der Waals surface area (Å²) in [6.07, 6.45) is 2.77. The molecule has 2 aromatic rings. The summed E-state index contributed by atoms with van der Waals surface area (Å²) in [5.74, 6) is 1.03. The van der Waals surface area contributed by atoms with Gasteiger partial charge in [0, 0.05) is 25.5 Å². The minimum atomic E-state index is 0.0373. The van der Waals surface area contributed by atoms with Gasteiger partial charge in [-0.25, -0.2) is 4.98 Å². The number of hydrogen-bond acceptors (Lipinski definition) is 4. The van der Waals surface area contributed by atoms with Gasteiger partial charge in [-0.1, -0.05) is 11.8 Å². The maximum absolute atomic E-state index is 12.0. The molecule has 0 fully saturated rings. The van der Waals surface area contributed by atoms with E-state index in [1.165, 1.54) is 0 Å². The van der Waals surface area contributed by atoms with E-state index in [4.69, 9.17) is 0 Å². The second kappa shape index (κ2) is 3.10. The van der Waals surface area contributed by atoms with Crippen LogP contribution in [0.2, 0.25) is 0 Å². The van der Waals surface area contributed by atoms with E-state index in [1.807, 2.05) is 0 Å². The molecule has 0 spiro atoms. The van der Waals surface area contributed by atoms with Crippen molar-refractivity contribution in [3.8, 4) is 0 Å². The fourth-order valence-electron chi connectivity index (χ4n) is 1.79. The fourth-order valence-corrected chi connectivity index (χ4v) is 2.72. The molecule has 6 heteroatoms. The quantitative estimate of drug-likeness (QED) is 0.613. The number of aromatic nitrogens is 4. The van der Waals surface area contributed by atoms with E-state index in [2.05, 4.69) is 10.1 Å². The molecular weight excluding hydrogens is 212 g/mol. The lowest BCUT2D eigenvalue weighted by atomic mass is 10.4. The minimum Gasteiger partial charge on any atom is -0.287 e. The predicted molar refractivity (Wildman–Crippen MR) is 58.1 cm³/mol. The molecule has 3 heterocycles. The molecule has 0 aromatic carbocycles. The van der Waals surface area contributed by atoms with Crippen LogP contribution in [0.1, 0.15) is 6.42 Å². The number of nitrogens with zero attached hydrogens (tertiary/aromatic N) is 4. The molecular formula is C9H10N4OS. The van der Waals surface area contributed by atoms with Crippen molar-refractivity contribution in [3.63, 3.8) is 0 Å². The van der Waals surface area contributed by atoms with Crippen molar-refractivity contribution in [3.05, 3.63) is 16.6 Å². The van der Waals surface area contributed by atoms with E-state index >= 15 is 0 Å². The third kappa shape index (κ3) is 1.28. The summed E-state index contributed by atoms with van der Waals surface area (Å²) >= 11 is 1.63. The Morgan fingerprint density at radius 3 is 3.27 bits per heavy atom. The average Bonchev–Trinajstić information content (AvgIpc) is 2.59. The topological polar surface area (TPSA) is 52.7 Å². The first-order chi connectivity index (χ1) is 7.25. The highest BCUT2D eigenvalue weighted by Gasteiger charge is 2.16. The highest BCUT2D eigenvalue weighted by molar-refractivity contribution is 7.99. The maximum Gasteiger partial charge on any atom is 0.265 e. The highest BCUT2D eigenvalue weighted by Crippen LogP contribution is 2.22. The summed E-state index contributed by atoms with van der Waals surface area (Å²) in [5, 5.41) is 5.58. The monoisotopic (exact) mass is 222 g/mol. The van der Waals surface area contributed by atoms with E-state index in [1.54, 1.807) is 34.3 Å². The molecule has 3 rings (SSSR count). The molecule has 0 atom stereocenters. The molecule has 0 amide bonds. The Kier molecular flexibility index (Phi) is 1.85. The summed E-state index contributed by atoms with van der Waals surface area (Å²) in [4.78, 5) is 16.4. The molecule has 78 valence electrons. The number of thioether (sulfide) groups is 1. The maximum atomic E-state index is 12.0. The molecule has 0 unspecified atom stereocenters. The molecule has 0 saturated heterocycles. The van der Waals surface area contributed by atoms with Gasteiger partial charge >= 0.3 is 0 Å². The summed E-state index contributed by atoms with van der Waals surface area (Å²) < 4.78 is 3.38. The van der Waals surface area contributed by atoms with Crippen LogP contribution in [0.25, 0.3) is 11.0 Å². The molecule has 0 saturated carbocycles. The van der Waals surface area contributed by atoms with Crippen molar-refractivity contribution < 1.29 is 0 Å². The zero-order chi connectivity index (χ0) is 10.4. The van der Waals surface area contributed by atoms with E-state index < -0.39 is 0 Å². The van der Waals surface area contributed by atoms with Gasteiger partial charge in [-0.15, -0.1) is 0 Å². The van der Waals surface area contributed by atoms with Crippen LogP contribution in [-0.2, 0) is 13.6 Å². The summed E-state index contributed by atoms with van der Waals surface area (Å²) in [6, 6.07) is 0. The summed E-state index contributed by atoms with van der Waals surface area (Å²) in [5.41, 5.74) is 0.596. The van der Waals surface area contributed by atoms with E-state index in [0.29, 0.717) is 11.0 Å². The Bertz CT molecular complexity index is 586. The normalized spacial score (nSPS) is 15.5. The Labute approximate surface area is 90.1 Å². The Balaban J connectivity index is 2.40. The highest BCUT2D eigenvalue weighted by atomic mass is 32.2. The molecule has 5 nitrogen and oxygen atoms in total. The van der Waals surface area contributed by atoms with Crippen LogP contribution in [0.15, 0.2) is 16.1 Å². The van der Waals surface area contributed by atoms with Crippen LogP contribution in [0.4, 0.5) is 0 Å². The SMILES string of the molecule is Cn1cc2c(=O)n3c(nc2n1)SCCC3. The van der Waals surface area contributed by atoms with E-state index in [-0.39, 0.29) is 5.56 Å². The molecule has 15 heavy (non-hydrogen) atoms. The van der Waals surface area contributed by atoms with E-state index in [0.717, 1.165) is 23.9 Å². The van der Waals surface area contributed by atoms with Crippen LogP contribution in [0.5, 0.6) is 0 Å². The van der Waals surface area contributed by atoms with Gasteiger partial charge in [0.1, 0.15) is 5.39 Å². The molecule has 0 bridgehead atoms. The smallest absolute Gasteiger partial charge is 0.265 e. The van der Waals surface area contributed by atoms with Crippen molar-refractivity contribution >= 4 is 22.8 Å². The van der Waals surface area contributed by atoms with Crippen molar-refractivity contribution in [2.75, 3.05) is 5.75 Å². The van der Waals surface area contributed by atoms with Crippen molar-refractivity contribution in [1.82, 2.24) is 19.3 Å². The first kappa shape index (κ1) is 8.96. The minimum absolute atomic E-state index is 0.0373. The number of hydrogen-bond donors (Lipinski definition) is 0. The van der Waals surface area contributed by atoms with Crippen LogP contribution < -0.4 is 5.56 Å². The lowest BCUT2D eigenvalue weighted by Crippen LogP contribution is -2.25. The van der Waals surface area contributed by atoms with Gasteiger partial charge < -0.3 is 0 Å². The van der Waals surface area contributed by atoms with Gasteiger partial charge in [-0.2, -0.15) is 5.10 Å². The third-order valence-corrected chi connectivity index (χ3v) is 3.54. The van der Waals surface area contributed by atoms with Gasteiger partial charge in [0.2, 0.25) is 0 Å². The van der Waals surface area contributed by atoms with Gasteiger partial charge in [0.15, 0.2) is 10.8 Å². The third-order valence-electron chi connectivity index (χ3n) is 2.47. The zero-order valence-corrected chi connectivity index (χ0v) is 9.12. The van der Waals surface area contributed by atoms with Gasteiger partial charge in [0.25, 0.3) is 5.56 Å². The van der Waals surface area contributed by atoms with Gasteiger partial charge in [-0.05, 0) is 6.42 Å². The average molecular weight is 222 g/mol. The van der Waals surface area contributed by atoms with Crippen molar-refractivity contribution in [2.45, 2.75) is 18.1 Å². The number of aryl methyl sites for hydroxylation is 1. The lowest BCUT2D eigenvalue weighted by Gasteiger charge is -2.15. The first-order valence-electron chi connectivity index (χ1n) is 4.83. The number of fused-ring (bicyclic) bond motifs is 2. The van der Waals surface area contributed by atoms with Gasteiger partial charge in [-0.3, -0.25) is 14.0 Å². The number of rotatable bonds is 0. The Morgan fingerprint density at radius 2 is 2.40 bits per heavy atom. The van der Waals surface area contributed by atoms with Crippen molar-refractivity contribution in [1.29, 1.82) is 0 Å².